The van der Waals surface area contributed by atoms with Gasteiger partial charge in [-0.25, -0.2) is 0 Å². The first-order valence-corrected chi connectivity index (χ1v) is 9.71. The van der Waals surface area contributed by atoms with Crippen molar-refractivity contribution in [2.24, 2.45) is 17.3 Å². The van der Waals surface area contributed by atoms with Crippen LogP contribution >= 0.6 is 0 Å². The van der Waals surface area contributed by atoms with Gasteiger partial charge in [0.15, 0.2) is 0 Å². The van der Waals surface area contributed by atoms with Crippen molar-refractivity contribution in [2.45, 2.75) is 90.7 Å². The van der Waals surface area contributed by atoms with Crippen molar-refractivity contribution in [3.8, 4) is 0 Å². The minimum absolute atomic E-state index is 0.0521. The highest BCUT2D eigenvalue weighted by Gasteiger charge is 2.81. The second-order valence-corrected chi connectivity index (χ2v) is 7.93. The van der Waals surface area contributed by atoms with E-state index in [4.69, 9.17) is 0 Å². The Balaban J connectivity index is 5.39. The van der Waals surface area contributed by atoms with Crippen LogP contribution in [0.1, 0.15) is 66.7 Å². The monoisotopic (exact) mass is 460 g/mol. The number of ether oxygens (including phenoxy) is 1. The van der Waals surface area contributed by atoms with Crippen LogP contribution in [0, 0.1) is 17.3 Å². The molecular formula is C19H29F9O2. The maximum absolute atomic E-state index is 13.6. The Morgan fingerprint density at radius 3 is 1.70 bits per heavy atom. The van der Waals surface area contributed by atoms with Crippen LogP contribution in [0.5, 0.6) is 0 Å². The van der Waals surface area contributed by atoms with Gasteiger partial charge in [0.1, 0.15) is 0 Å². The summed E-state index contributed by atoms with van der Waals surface area (Å²) in [4.78, 5) is 12.5. The summed E-state index contributed by atoms with van der Waals surface area (Å²) in [5.74, 6) is -21.1. The fourth-order valence-electron chi connectivity index (χ4n) is 2.92. The van der Waals surface area contributed by atoms with Gasteiger partial charge < -0.3 is 4.74 Å². The second kappa shape index (κ2) is 9.97. The van der Waals surface area contributed by atoms with Crippen LogP contribution in [-0.4, -0.2) is 36.5 Å². The van der Waals surface area contributed by atoms with Crippen molar-refractivity contribution in [1.29, 1.82) is 0 Å². The lowest BCUT2D eigenvalue weighted by molar-refractivity contribution is -0.397. The van der Waals surface area contributed by atoms with Gasteiger partial charge in [0.25, 0.3) is 0 Å². The molecule has 0 fully saturated rings. The van der Waals surface area contributed by atoms with Gasteiger partial charge in [0.2, 0.25) is 0 Å². The molecule has 0 aromatic carbocycles. The maximum atomic E-state index is 13.6. The molecule has 0 aromatic rings. The van der Waals surface area contributed by atoms with E-state index in [0.717, 1.165) is 0 Å². The van der Waals surface area contributed by atoms with Crippen molar-refractivity contribution < 1.29 is 49.0 Å². The molecule has 180 valence electrons. The minimum atomic E-state index is -6.95. The summed E-state index contributed by atoms with van der Waals surface area (Å²) in [6, 6.07) is 0. The molecule has 0 saturated carbocycles. The van der Waals surface area contributed by atoms with Gasteiger partial charge in [-0.05, 0) is 30.6 Å². The predicted octanol–water partition coefficient (Wildman–Crippen LogP) is 7.27. The molecule has 0 N–H and O–H groups in total. The van der Waals surface area contributed by atoms with Gasteiger partial charge in [0, 0.05) is 0 Å². The SMILES string of the molecule is CCC(C)CC(C(=O)OCCC(F)(F)C(F)(F)C(F)(F)C(F)(F)F)C(C)(CC)CC. The molecule has 0 aliphatic carbocycles. The van der Waals surface area contributed by atoms with Crippen molar-refractivity contribution in [1.82, 2.24) is 0 Å². The molecule has 2 atom stereocenters. The Morgan fingerprint density at radius 1 is 0.867 bits per heavy atom. The lowest BCUT2D eigenvalue weighted by Crippen LogP contribution is -2.61. The van der Waals surface area contributed by atoms with Crippen LogP contribution in [0.4, 0.5) is 39.5 Å². The Hall–Kier alpha value is -1.16. The first kappa shape index (κ1) is 28.8. The Bertz CT molecular complexity index is 555. The quantitative estimate of drug-likeness (QED) is 0.226. The van der Waals surface area contributed by atoms with E-state index in [-0.39, 0.29) is 5.92 Å². The fraction of sp³-hybridized carbons (Fsp3) is 0.947. The largest absolute Gasteiger partial charge is 0.465 e. The van der Waals surface area contributed by atoms with E-state index in [1.807, 2.05) is 13.8 Å². The molecule has 0 amide bonds. The Labute approximate surface area is 170 Å². The van der Waals surface area contributed by atoms with Crippen molar-refractivity contribution in [3.63, 3.8) is 0 Å². The molecule has 2 nitrogen and oxygen atoms in total. The van der Waals surface area contributed by atoms with Crippen LogP contribution in [0.3, 0.4) is 0 Å². The van der Waals surface area contributed by atoms with Gasteiger partial charge >= 0.3 is 29.9 Å². The van der Waals surface area contributed by atoms with E-state index in [1.165, 1.54) is 0 Å². The number of halogens is 9. The number of esters is 1. The topological polar surface area (TPSA) is 26.3 Å². The number of hydrogen-bond donors (Lipinski definition) is 0. The molecule has 0 heterocycles. The minimum Gasteiger partial charge on any atom is -0.465 e. The van der Waals surface area contributed by atoms with Gasteiger partial charge in [-0.15, -0.1) is 0 Å². The van der Waals surface area contributed by atoms with Crippen molar-refractivity contribution in [3.05, 3.63) is 0 Å². The molecule has 2 unspecified atom stereocenters. The standard InChI is InChI=1S/C19H29F9O2/c1-6-12(4)11-13(15(5,7-2)8-3)14(29)30-10-9-16(20,21)17(22,23)18(24,25)19(26,27)28/h12-13H,6-11H2,1-5H3. The summed E-state index contributed by atoms with van der Waals surface area (Å²) in [6.07, 6.45) is -6.99. The molecular weight excluding hydrogens is 431 g/mol. The highest BCUT2D eigenvalue weighted by Crippen LogP contribution is 2.54. The zero-order valence-corrected chi connectivity index (χ0v) is 17.6. The molecule has 0 aliphatic rings. The number of alkyl halides is 9. The summed E-state index contributed by atoms with van der Waals surface area (Å²) in [6.45, 7) is 7.66. The van der Waals surface area contributed by atoms with Crippen LogP contribution < -0.4 is 0 Å². The first-order valence-electron chi connectivity index (χ1n) is 9.71. The molecule has 11 heteroatoms. The second-order valence-electron chi connectivity index (χ2n) is 7.93. The first-order chi connectivity index (χ1) is 13.3. The Morgan fingerprint density at radius 2 is 1.33 bits per heavy atom. The van der Waals surface area contributed by atoms with E-state index in [9.17, 15) is 44.3 Å². The third kappa shape index (κ3) is 5.96. The number of rotatable bonds is 12. The molecule has 0 aromatic heterocycles. The number of carbonyl (C=O) groups excluding carboxylic acids is 1. The molecule has 0 bridgehead atoms. The summed E-state index contributed by atoms with van der Waals surface area (Å²) in [7, 11) is 0. The van der Waals surface area contributed by atoms with E-state index < -0.39 is 54.3 Å². The zero-order valence-electron chi connectivity index (χ0n) is 17.6. The highest BCUT2D eigenvalue weighted by atomic mass is 19.4. The van der Waals surface area contributed by atoms with Crippen LogP contribution in [0.2, 0.25) is 0 Å². The van der Waals surface area contributed by atoms with Gasteiger partial charge in [-0.3, -0.25) is 4.79 Å². The third-order valence-electron chi connectivity index (χ3n) is 5.95. The smallest absolute Gasteiger partial charge is 0.460 e. The fourth-order valence-corrected chi connectivity index (χ4v) is 2.92. The Kier molecular flexibility index (Phi) is 9.59. The van der Waals surface area contributed by atoms with E-state index in [0.29, 0.717) is 25.7 Å². The van der Waals surface area contributed by atoms with E-state index in [2.05, 4.69) is 4.74 Å². The maximum Gasteiger partial charge on any atom is 0.460 e. The molecule has 30 heavy (non-hydrogen) atoms. The van der Waals surface area contributed by atoms with E-state index >= 15 is 0 Å². The summed E-state index contributed by atoms with van der Waals surface area (Å²) >= 11 is 0. The molecule has 0 rings (SSSR count). The van der Waals surface area contributed by atoms with Crippen molar-refractivity contribution >= 4 is 5.97 Å². The van der Waals surface area contributed by atoms with Crippen LogP contribution in [0.15, 0.2) is 0 Å². The van der Waals surface area contributed by atoms with Gasteiger partial charge in [-0.2, -0.15) is 39.5 Å². The molecule has 0 saturated heterocycles. The molecule has 0 spiro atoms. The predicted molar refractivity (Wildman–Crippen MR) is 92.7 cm³/mol. The third-order valence-corrected chi connectivity index (χ3v) is 5.95. The summed E-state index contributed by atoms with van der Waals surface area (Å²) in [5.41, 5.74) is -0.587. The lowest BCUT2D eigenvalue weighted by atomic mass is 9.69. The van der Waals surface area contributed by atoms with Gasteiger partial charge in [-0.1, -0.05) is 41.0 Å². The number of carbonyl (C=O) groups is 1. The van der Waals surface area contributed by atoms with Crippen LogP contribution in [-0.2, 0) is 9.53 Å². The zero-order chi connectivity index (χ0) is 24.2. The average molecular weight is 460 g/mol. The van der Waals surface area contributed by atoms with Crippen LogP contribution in [0.25, 0.3) is 0 Å². The highest BCUT2D eigenvalue weighted by molar-refractivity contribution is 5.73. The number of hydrogen-bond acceptors (Lipinski definition) is 2. The van der Waals surface area contributed by atoms with Gasteiger partial charge in [0.05, 0.1) is 18.9 Å². The average Bonchev–Trinajstić information content (AvgIpc) is 2.63. The summed E-state index contributed by atoms with van der Waals surface area (Å²) in [5, 5.41) is 0. The normalized spacial score (nSPS) is 16.3. The molecule has 0 aliphatic heterocycles. The summed E-state index contributed by atoms with van der Waals surface area (Å²) < 4.78 is 121. The lowest BCUT2D eigenvalue weighted by Gasteiger charge is -2.36. The molecule has 0 radical (unpaired) electrons. The van der Waals surface area contributed by atoms with E-state index in [1.54, 1.807) is 20.8 Å². The van der Waals surface area contributed by atoms with Crippen molar-refractivity contribution in [2.75, 3.05) is 6.61 Å².